The summed E-state index contributed by atoms with van der Waals surface area (Å²) in [5.41, 5.74) is 3.53. The predicted molar refractivity (Wildman–Crippen MR) is 72.8 cm³/mol. The summed E-state index contributed by atoms with van der Waals surface area (Å²) >= 11 is 6.16. The van der Waals surface area contributed by atoms with Crippen molar-refractivity contribution in [2.75, 3.05) is 0 Å². The number of aryl methyl sites for hydroxylation is 3. The molecule has 0 aliphatic heterocycles. The monoisotopic (exact) mass is 264 g/mol. The van der Waals surface area contributed by atoms with Crippen LogP contribution in [0.2, 0.25) is 5.15 Å². The van der Waals surface area contributed by atoms with Crippen LogP contribution in [0, 0.1) is 6.92 Å². The van der Waals surface area contributed by atoms with Crippen LogP contribution < -0.4 is 0 Å². The summed E-state index contributed by atoms with van der Waals surface area (Å²) in [6.45, 7) is 3.96. The van der Waals surface area contributed by atoms with Crippen molar-refractivity contribution in [3.63, 3.8) is 0 Å². The molecular weight excluding hydrogens is 248 g/mol. The Labute approximate surface area is 112 Å². The number of nitrogens with zero attached hydrogens (tertiary/aromatic N) is 2. The van der Waals surface area contributed by atoms with Crippen LogP contribution >= 0.6 is 11.6 Å². The molecule has 1 unspecified atom stereocenters. The largest absolute Gasteiger partial charge is 0.383 e. The smallest absolute Gasteiger partial charge is 0.133 e. The van der Waals surface area contributed by atoms with E-state index >= 15 is 0 Å². The minimum absolute atomic E-state index is 0.486. The molecule has 18 heavy (non-hydrogen) atoms. The number of halogens is 1. The maximum Gasteiger partial charge on any atom is 0.133 e. The van der Waals surface area contributed by atoms with Crippen LogP contribution in [0.25, 0.3) is 0 Å². The first kappa shape index (κ1) is 13.1. The maximum absolute atomic E-state index is 10.4. The number of benzene rings is 1. The van der Waals surface area contributed by atoms with Crippen molar-refractivity contribution < 1.29 is 5.11 Å². The highest BCUT2D eigenvalue weighted by Gasteiger charge is 2.20. The molecule has 0 fully saturated rings. The number of aliphatic hydroxyl groups is 1. The molecule has 1 heterocycles. The van der Waals surface area contributed by atoms with Crippen molar-refractivity contribution >= 4 is 11.6 Å². The number of rotatable bonds is 3. The third-order valence-corrected chi connectivity index (χ3v) is 3.62. The zero-order chi connectivity index (χ0) is 13.3. The SMILES string of the molecule is CCc1ccc(C(O)c2c(C)nn(C)c2Cl)cc1. The highest BCUT2D eigenvalue weighted by atomic mass is 35.5. The Morgan fingerprint density at radius 3 is 2.39 bits per heavy atom. The normalized spacial score (nSPS) is 12.7. The number of aliphatic hydroxyl groups excluding tert-OH is 1. The Hall–Kier alpha value is -1.32. The molecule has 0 aliphatic carbocycles. The minimum atomic E-state index is -0.725. The van der Waals surface area contributed by atoms with E-state index in [4.69, 9.17) is 11.6 Å². The van der Waals surface area contributed by atoms with Gasteiger partial charge in [0.15, 0.2) is 0 Å². The molecule has 1 N–H and O–H groups in total. The molecule has 0 bridgehead atoms. The fourth-order valence-corrected chi connectivity index (χ4v) is 2.34. The van der Waals surface area contributed by atoms with E-state index in [-0.39, 0.29) is 0 Å². The summed E-state index contributed by atoms with van der Waals surface area (Å²) in [6.07, 6.45) is 0.264. The Bertz CT molecular complexity index is 546. The molecule has 0 saturated heterocycles. The van der Waals surface area contributed by atoms with Gasteiger partial charge in [-0.15, -0.1) is 0 Å². The Kier molecular flexibility index (Phi) is 3.73. The van der Waals surface area contributed by atoms with E-state index in [1.54, 1.807) is 11.7 Å². The summed E-state index contributed by atoms with van der Waals surface area (Å²) in [4.78, 5) is 0. The van der Waals surface area contributed by atoms with Crippen molar-refractivity contribution in [2.24, 2.45) is 7.05 Å². The first-order valence-electron chi connectivity index (χ1n) is 6.00. The standard InChI is InChI=1S/C14H17ClN2O/c1-4-10-5-7-11(8-6-10)13(18)12-9(2)16-17(3)14(12)15/h5-8,13,18H,4H2,1-3H3. The first-order chi connectivity index (χ1) is 8.54. The fraction of sp³-hybridized carbons (Fsp3) is 0.357. The zero-order valence-electron chi connectivity index (χ0n) is 10.8. The summed E-state index contributed by atoms with van der Waals surface area (Å²) in [7, 11) is 1.77. The zero-order valence-corrected chi connectivity index (χ0v) is 11.6. The number of hydrogen-bond acceptors (Lipinski definition) is 2. The van der Waals surface area contributed by atoms with E-state index in [1.807, 2.05) is 31.2 Å². The molecule has 0 spiro atoms. The van der Waals surface area contributed by atoms with E-state index in [0.717, 1.165) is 17.7 Å². The average Bonchev–Trinajstić information content (AvgIpc) is 2.63. The molecule has 1 aromatic heterocycles. The molecule has 0 aliphatic rings. The maximum atomic E-state index is 10.4. The molecule has 0 radical (unpaired) electrons. The Morgan fingerprint density at radius 2 is 1.94 bits per heavy atom. The van der Waals surface area contributed by atoms with Gasteiger partial charge < -0.3 is 5.11 Å². The Morgan fingerprint density at radius 1 is 1.33 bits per heavy atom. The second kappa shape index (κ2) is 5.12. The molecule has 96 valence electrons. The lowest BCUT2D eigenvalue weighted by Crippen LogP contribution is -2.01. The highest BCUT2D eigenvalue weighted by Crippen LogP contribution is 2.30. The van der Waals surface area contributed by atoms with Gasteiger partial charge in [-0.1, -0.05) is 42.8 Å². The van der Waals surface area contributed by atoms with Gasteiger partial charge in [-0.2, -0.15) is 5.10 Å². The summed E-state index contributed by atoms with van der Waals surface area (Å²) in [6, 6.07) is 7.93. The van der Waals surface area contributed by atoms with Gasteiger partial charge in [-0.25, -0.2) is 0 Å². The van der Waals surface area contributed by atoms with Gasteiger partial charge in [0.25, 0.3) is 0 Å². The summed E-state index contributed by atoms with van der Waals surface area (Å²) in [5.74, 6) is 0. The van der Waals surface area contributed by atoms with Crippen LogP contribution in [0.4, 0.5) is 0 Å². The predicted octanol–water partition coefficient (Wildman–Crippen LogP) is 3.03. The molecule has 0 saturated carbocycles. The van der Waals surface area contributed by atoms with Gasteiger partial charge in [0.2, 0.25) is 0 Å². The van der Waals surface area contributed by atoms with Crippen LogP contribution in [-0.4, -0.2) is 14.9 Å². The van der Waals surface area contributed by atoms with E-state index in [1.165, 1.54) is 5.56 Å². The van der Waals surface area contributed by atoms with Gasteiger partial charge in [0, 0.05) is 12.6 Å². The topological polar surface area (TPSA) is 38.1 Å². The number of hydrogen-bond donors (Lipinski definition) is 1. The second-order valence-corrected chi connectivity index (χ2v) is 4.77. The van der Waals surface area contributed by atoms with Crippen LogP contribution in [-0.2, 0) is 13.5 Å². The van der Waals surface area contributed by atoms with Crippen molar-refractivity contribution in [1.82, 2.24) is 9.78 Å². The first-order valence-corrected chi connectivity index (χ1v) is 6.38. The van der Waals surface area contributed by atoms with Gasteiger partial charge in [0.1, 0.15) is 11.3 Å². The van der Waals surface area contributed by atoms with Crippen molar-refractivity contribution in [3.8, 4) is 0 Å². The van der Waals surface area contributed by atoms with Gasteiger partial charge in [-0.05, 0) is 24.5 Å². The third kappa shape index (κ3) is 2.28. The van der Waals surface area contributed by atoms with E-state index in [2.05, 4.69) is 12.0 Å². The van der Waals surface area contributed by atoms with Crippen molar-refractivity contribution in [1.29, 1.82) is 0 Å². The lowest BCUT2D eigenvalue weighted by Gasteiger charge is -2.11. The van der Waals surface area contributed by atoms with Crippen LogP contribution in [0.3, 0.4) is 0 Å². The quantitative estimate of drug-likeness (QED) is 0.925. The molecular formula is C14H17ClN2O. The van der Waals surface area contributed by atoms with Crippen molar-refractivity contribution in [3.05, 3.63) is 51.8 Å². The van der Waals surface area contributed by atoms with Crippen LogP contribution in [0.1, 0.15) is 35.4 Å². The van der Waals surface area contributed by atoms with Crippen LogP contribution in [0.15, 0.2) is 24.3 Å². The van der Waals surface area contributed by atoms with E-state index in [9.17, 15) is 5.11 Å². The molecule has 2 rings (SSSR count). The third-order valence-electron chi connectivity index (χ3n) is 3.17. The summed E-state index contributed by atoms with van der Waals surface area (Å²) < 4.78 is 1.58. The van der Waals surface area contributed by atoms with Gasteiger partial charge >= 0.3 is 0 Å². The van der Waals surface area contributed by atoms with Crippen LogP contribution in [0.5, 0.6) is 0 Å². The molecule has 2 aromatic rings. The molecule has 0 amide bonds. The van der Waals surface area contributed by atoms with Crippen molar-refractivity contribution in [2.45, 2.75) is 26.4 Å². The van der Waals surface area contributed by atoms with Gasteiger partial charge in [-0.3, -0.25) is 4.68 Å². The fourth-order valence-electron chi connectivity index (χ4n) is 2.06. The van der Waals surface area contributed by atoms with Gasteiger partial charge in [0.05, 0.1) is 5.69 Å². The highest BCUT2D eigenvalue weighted by molar-refractivity contribution is 6.30. The molecule has 1 atom stereocenters. The molecule has 4 heteroatoms. The van der Waals surface area contributed by atoms with E-state index < -0.39 is 6.10 Å². The number of aromatic nitrogens is 2. The average molecular weight is 265 g/mol. The van der Waals surface area contributed by atoms with E-state index in [0.29, 0.717) is 10.7 Å². The Balaban J connectivity index is 2.37. The summed E-state index contributed by atoms with van der Waals surface area (Å²) in [5, 5.41) is 15.1. The second-order valence-electron chi connectivity index (χ2n) is 4.41. The molecule has 1 aromatic carbocycles. The lowest BCUT2D eigenvalue weighted by atomic mass is 10.0. The lowest BCUT2D eigenvalue weighted by molar-refractivity contribution is 0.219. The minimum Gasteiger partial charge on any atom is -0.383 e. The molecule has 3 nitrogen and oxygen atoms in total.